The van der Waals surface area contributed by atoms with E-state index in [0.29, 0.717) is 5.02 Å². The number of aliphatic hydroxyl groups is 1. The van der Waals surface area contributed by atoms with Gasteiger partial charge in [-0.25, -0.2) is 4.39 Å². The van der Waals surface area contributed by atoms with Crippen LogP contribution in [0.15, 0.2) is 40.9 Å². The molecule has 5 heteroatoms. The van der Waals surface area contributed by atoms with Gasteiger partial charge in [-0.05, 0) is 64.3 Å². The van der Waals surface area contributed by atoms with Crippen LogP contribution in [0.1, 0.15) is 17.2 Å². The molecular weight excluding hydrogens is 345 g/mol. The Morgan fingerprint density at radius 3 is 2.65 bits per heavy atom. The fourth-order valence-corrected chi connectivity index (χ4v) is 2.54. The summed E-state index contributed by atoms with van der Waals surface area (Å²) in [7, 11) is 0. The predicted molar refractivity (Wildman–Crippen MR) is 83.7 cm³/mol. The third-order valence-electron chi connectivity index (χ3n) is 3.05. The minimum absolute atomic E-state index is 0.0906. The number of aliphatic hydroxyl groups excluding tert-OH is 1. The molecule has 0 heterocycles. The Bertz CT molecular complexity index is 621. The van der Waals surface area contributed by atoms with Gasteiger partial charge in [0.25, 0.3) is 0 Å². The van der Waals surface area contributed by atoms with Gasteiger partial charge >= 0.3 is 0 Å². The average Bonchev–Trinajstić information content (AvgIpc) is 2.41. The highest BCUT2D eigenvalue weighted by Crippen LogP contribution is 2.28. The Kier molecular flexibility index (Phi) is 5.02. The van der Waals surface area contributed by atoms with E-state index in [0.717, 1.165) is 21.3 Å². The molecule has 2 aromatic rings. The van der Waals surface area contributed by atoms with Crippen LogP contribution in [-0.4, -0.2) is 11.7 Å². The zero-order valence-electron chi connectivity index (χ0n) is 10.8. The van der Waals surface area contributed by atoms with Crippen LogP contribution >= 0.6 is 27.5 Å². The standard InChI is InChI=1S/C15H14BrClFNO/c1-9-6-10(18)2-4-12(9)15(8-20)19-11-3-5-14(17)13(16)7-11/h2-7,15,19-20H,8H2,1H3. The molecule has 0 saturated carbocycles. The smallest absolute Gasteiger partial charge is 0.123 e. The zero-order chi connectivity index (χ0) is 14.7. The lowest BCUT2D eigenvalue weighted by Gasteiger charge is -2.20. The molecule has 106 valence electrons. The van der Waals surface area contributed by atoms with Crippen molar-refractivity contribution in [3.63, 3.8) is 0 Å². The molecule has 0 amide bonds. The molecule has 2 nitrogen and oxygen atoms in total. The first kappa shape index (κ1) is 15.3. The normalized spacial score (nSPS) is 12.2. The van der Waals surface area contributed by atoms with Crippen LogP contribution in [0.4, 0.5) is 10.1 Å². The first-order valence-corrected chi connectivity index (χ1v) is 7.27. The van der Waals surface area contributed by atoms with Crippen molar-refractivity contribution in [3.05, 3.63) is 62.8 Å². The van der Waals surface area contributed by atoms with Crippen LogP contribution in [0.25, 0.3) is 0 Å². The van der Waals surface area contributed by atoms with Gasteiger partial charge in [0.2, 0.25) is 0 Å². The second kappa shape index (κ2) is 6.57. The number of rotatable bonds is 4. The largest absolute Gasteiger partial charge is 0.394 e. The molecular formula is C15H14BrClFNO. The van der Waals surface area contributed by atoms with Gasteiger partial charge in [-0.3, -0.25) is 0 Å². The van der Waals surface area contributed by atoms with Crippen molar-refractivity contribution in [2.24, 2.45) is 0 Å². The van der Waals surface area contributed by atoms with Crippen molar-refractivity contribution >= 4 is 33.2 Å². The highest BCUT2D eigenvalue weighted by atomic mass is 79.9. The van der Waals surface area contributed by atoms with E-state index < -0.39 is 0 Å². The summed E-state index contributed by atoms with van der Waals surface area (Å²) in [6.45, 7) is 1.73. The maximum atomic E-state index is 13.1. The fraction of sp³-hybridized carbons (Fsp3) is 0.200. The summed E-state index contributed by atoms with van der Waals surface area (Å²) in [5.41, 5.74) is 2.48. The molecule has 0 spiro atoms. The summed E-state index contributed by atoms with van der Waals surface area (Å²) < 4.78 is 13.9. The van der Waals surface area contributed by atoms with Gasteiger partial charge in [0.15, 0.2) is 0 Å². The average molecular weight is 359 g/mol. The first-order chi connectivity index (χ1) is 9.51. The minimum atomic E-state index is -0.302. The van der Waals surface area contributed by atoms with Crippen molar-refractivity contribution in [1.29, 1.82) is 0 Å². The SMILES string of the molecule is Cc1cc(F)ccc1C(CO)Nc1ccc(Cl)c(Br)c1. The number of hydrogen-bond acceptors (Lipinski definition) is 2. The molecule has 0 aromatic heterocycles. The molecule has 0 saturated heterocycles. The van der Waals surface area contributed by atoms with Crippen molar-refractivity contribution in [1.82, 2.24) is 0 Å². The Labute approximate surface area is 130 Å². The Balaban J connectivity index is 2.26. The van der Waals surface area contributed by atoms with E-state index in [2.05, 4.69) is 21.2 Å². The number of hydrogen-bond donors (Lipinski definition) is 2. The lowest BCUT2D eigenvalue weighted by molar-refractivity contribution is 0.276. The topological polar surface area (TPSA) is 32.3 Å². The highest BCUT2D eigenvalue weighted by molar-refractivity contribution is 9.10. The zero-order valence-corrected chi connectivity index (χ0v) is 13.2. The maximum absolute atomic E-state index is 13.1. The third-order valence-corrected chi connectivity index (χ3v) is 4.26. The van der Waals surface area contributed by atoms with Gasteiger partial charge in [-0.1, -0.05) is 17.7 Å². The van der Waals surface area contributed by atoms with Gasteiger partial charge in [0, 0.05) is 10.2 Å². The van der Waals surface area contributed by atoms with E-state index in [1.54, 1.807) is 12.1 Å². The van der Waals surface area contributed by atoms with Gasteiger partial charge in [-0.15, -0.1) is 0 Å². The summed E-state index contributed by atoms with van der Waals surface area (Å²) >= 11 is 9.30. The van der Waals surface area contributed by atoms with Gasteiger partial charge in [0.05, 0.1) is 17.7 Å². The molecule has 1 atom stereocenters. The second-order valence-electron chi connectivity index (χ2n) is 4.51. The van der Waals surface area contributed by atoms with Crippen molar-refractivity contribution in [3.8, 4) is 0 Å². The van der Waals surface area contributed by atoms with E-state index in [1.807, 2.05) is 19.1 Å². The molecule has 0 radical (unpaired) electrons. The lowest BCUT2D eigenvalue weighted by atomic mass is 10.0. The first-order valence-electron chi connectivity index (χ1n) is 6.09. The van der Waals surface area contributed by atoms with Crippen LogP contribution in [0.3, 0.4) is 0 Å². The van der Waals surface area contributed by atoms with Crippen LogP contribution < -0.4 is 5.32 Å². The molecule has 2 N–H and O–H groups in total. The van der Waals surface area contributed by atoms with Crippen molar-refractivity contribution < 1.29 is 9.50 Å². The molecule has 20 heavy (non-hydrogen) atoms. The summed E-state index contributed by atoms with van der Waals surface area (Å²) in [6.07, 6.45) is 0. The highest BCUT2D eigenvalue weighted by Gasteiger charge is 2.13. The summed E-state index contributed by atoms with van der Waals surface area (Å²) in [5.74, 6) is -0.280. The third kappa shape index (κ3) is 3.51. The number of benzene rings is 2. The molecule has 0 bridgehead atoms. The van der Waals surface area contributed by atoms with E-state index in [-0.39, 0.29) is 18.5 Å². The molecule has 2 aromatic carbocycles. The molecule has 2 rings (SSSR count). The number of halogens is 3. The number of anilines is 1. The Morgan fingerprint density at radius 2 is 2.05 bits per heavy atom. The van der Waals surface area contributed by atoms with Crippen molar-refractivity contribution in [2.45, 2.75) is 13.0 Å². The number of nitrogens with one attached hydrogen (secondary N) is 1. The summed E-state index contributed by atoms with van der Waals surface area (Å²) in [4.78, 5) is 0. The van der Waals surface area contributed by atoms with Gasteiger partial charge in [0.1, 0.15) is 5.82 Å². The van der Waals surface area contributed by atoms with Crippen LogP contribution in [0.5, 0.6) is 0 Å². The van der Waals surface area contributed by atoms with E-state index >= 15 is 0 Å². The van der Waals surface area contributed by atoms with Crippen LogP contribution in [-0.2, 0) is 0 Å². The van der Waals surface area contributed by atoms with E-state index in [1.165, 1.54) is 12.1 Å². The van der Waals surface area contributed by atoms with Gasteiger partial charge in [-0.2, -0.15) is 0 Å². The minimum Gasteiger partial charge on any atom is -0.394 e. The predicted octanol–water partition coefficient (Wildman–Crippen LogP) is 4.70. The molecule has 0 fully saturated rings. The maximum Gasteiger partial charge on any atom is 0.123 e. The van der Waals surface area contributed by atoms with Gasteiger partial charge < -0.3 is 10.4 Å². The molecule has 1 unspecified atom stereocenters. The van der Waals surface area contributed by atoms with Crippen LogP contribution in [0.2, 0.25) is 5.02 Å². The quantitative estimate of drug-likeness (QED) is 0.830. The van der Waals surface area contributed by atoms with Crippen molar-refractivity contribution in [2.75, 3.05) is 11.9 Å². The monoisotopic (exact) mass is 357 g/mol. The Hall–Kier alpha value is -1.10. The molecule has 0 aliphatic carbocycles. The lowest BCUT2D eigenvalue weighted by Crippen LogP contribution is -2.16. The Morgan fingerprint density at radius 1 is 1.30 bits per heavy atom. The van der Waals surface area contributed by atoms with E-state index in [4.69, 9.17) is 11.6 Å². The van der Waals surface area contributed by atoms with Crippen LogP contribution in [0, 0.1) is 12.7 Å². The molecule has 0 aliphatic heterocycles. The van der Waals surface area contributed by atoms with E-state index in [9.17, 15) is 9.50 Å². The summed E-state index contributed by atoms with van der Waals surface area (Å²) in [6, 6.07) is 9.66. The second-order valence-corrected chi connectivity index (χ2v) is 5.77. The summed E-state index contributed by atoms with van der Waals surface area (Å²) in [5, 5.41) is 13.4. The fourth-order valence-electron chi connectivity index (χ4n) is 2.04. The molecule has 0 aliphatic rings. The number of aryl methyl sites for hydroxylation is 1.